The number of fused-ring (bicyclic) bond motifs is 1. The van der Waals surface area contributed by atoms with Crippen molar-refractivity contribution in [2.75, 3.05) is 6.54 Å². The van der Waals surface area contributed by atoms with Crippen molar-refractivity contribution in [1.82, 2.24) is 10.2 Å². The predicted molar refractivity (Wildman–Crippen MR) is 95.2 cm³/mol. The molecule has 1 aromatic rings. The Balaban J connectivity index is 1.86. The summed E-state index contributed by atoms with van der Waals surface area (Å²) in [6, 6.07) is 3.94. The number of hydrogen-bond acceptors (Lipinski definition) is 4. The molecule has 1 heterocycles. The third-order valence-corrected chi connectivity index (χ3v) is 4.40. The molecule has 0 fully saturated rings. The molecule has 1 aromatic carbocycles. The maximum Gasteiger partial charge on any atom is 0.408 e. The molecule has 3 amide bonds. The highest BCUT2D eigenvalue weighted by Crippen LogP contribution is 2.33. The van der Waals surface area contributed by atoms with Gasteiger partial charge in [-0.2, -0.15) is 0 Å². The number of nitrogens with one attached hydrogen (secondary N) is 1. The largest absolute Gasteiger partial charge is 0.487 e. The number of ether oxygens (including phenoxy) is 1. The highest BCUT2D eigenvalue weighted by atomic mass is 35.6. The summed E-state index contributed by atoms with van der Waals surface area (Å²) in [5.74, 6) is -0.858. The molecule has 2 aliphatic rings. The maximum absolute atomic E-state index is 12.0. The number of carboxylic acid groups (broad SMARTS) is 1. The van der Waals surface area contributed by atoms with Crippen LogP contribution in [0.2, 0.25) is 0 Å². The predicted octanol–water partition coefficient (Wildman–Crippen LogP) is 3.00. The van der Waals surface area contributed by atoms with Gasteiger partial charge in [0.1, 0.15) is 11.9 Å². The van der Waals surface area contributed by atoms with Crippen LogP contribution in [0.15, 0.2) is 30.4 Å². The minimum absolute atomic E-state index is 0.131. The molecule has 7 nitrogen and oxygen atoms in total. The zero-order valence-corrected chi connectivity index (χ0v) is 15.4. The summed E-state index contributed by atoms with van der Waals surface area (Å²) in [5.41, 5.74) is 0.345. The van der Waals surface area contributed by atoms with Crippen molar-refractivity contribution in [3.8, 4) is 5.75 Å². The molecule has 10 heteroatoms. The van der Waals surface area contributed by atoms with E-state index in [1.165, 1.54) is 6.07 Å². The topological polar surface area (TPSA) is 95.9 Å². The molecule has 0 radical (unpaired) electrons. The molecule has 2 N–H and O–H groups in total. The van der Waals surface area contributed by atoms with Gasteiger partial charge in [0.05, 0.1) is 23.7 Å². The maximum atomic E-state index is 12.0. The lowest BCUT2D eigenvalue weighted by molar-refractivity contribution is 0.0843. The van der Waals surface area contributed by atoms with E-state index in [1.54, 1.807) is 24.3 Å². The van der Waals surface area contributed by atoms with Crippen molar-refractivity contribution in [3.63, 3.8) is 0 Å². The van der Waals surface area contributed by atoms with E-state index in [0.29, 0.717) is 6.42 Å². The van der Waals surface area contributed by atoms with E-state index in [4.69, 9.17) is 39.5 Å². The van der Waals surface area contributed by atoms with Crippen LogP contribution in [0.4, 0.5) is 4.79 Å². The Morgan fingerprint density at radius 1 is 1.31 bits per heavy atom. The quantitative estimate of drug-likeness (QED) is 0.444. The number of imide groups is 1. The minimum Gasteiger partial charge on any atom is -0.487 e. The fraction of sp³-hybridized carbons (Fsp3) is 0.312. The molecule has 3 rings (SSSR count). The number of halogens is 3. The molecule has 138 valence electrons. The lowest BCUT2D eigenvalue weighted by Crippen LogP contribution is -2.49. The van der Waals surface area contributed by atoms with E-state index >= 15 is 0 Å². The number of carbonyl (C=O) groups excluding carboxylic acids is 2. The normalized spacial score (nSPS) is 21.5. The number of alkyl halides is 3. The number of benzene rings is 1. The molecule has 0 saturated heterocycles. The fourth-order valence-corrected chi connectivity index (χ4v) is 3.37. The molecule has 0 saturated carbocycles. The van der Waals surface area contributed by atoms with Gasteiger partial charge in [0.2, 0.25) is 3.79 Å². The van der Waals surface area contributed by atoms with Gasteiger partial charge in [0.15, 0.2) is 0 Å². The second kappa shape index (κ2) is 6.98. The van der Waals surface area contributed by atoms with Crippen LogP contribution in [0.5, 0.6) is 5.75 Å². The fourth-order valence-electron chi connectivity index (χ4n) is 2.98. The Morgan fingerprint density at radius 3 is 2.69 bits per heavy atom. The van der Waals surface area contributed by atoms with Gasteiger partial charge < -0.3 is 9.84 Å². The van der Waals surface area contributed by atoms with Crippen LogP contribution < -0.4 is 10.1 Å². The lowest BCUT2D eigenvalue weighted by atomic mass is 10.1. The van der Waals surface area contributed by atoms with E-state index in [-0.39, 0.29) is 23.4 Å². The summed E-state index contributed by atoms with van der Waals surface area (Å²) in [6.45, 7) is -0.353. The number of carbonyl (C=O) groups is 3. The highest BCUT2D eigenvalue weighted by molar-refractivity contribution is 6.67. The van der Waals surface area contributed by atoms with Crippen LogP contribution in [0.1, 0.15) is 27.1 Å². The monoisotopic (exact) mass is 418 g/mol. The standard InChI is InChI=1S/C16H13Cl3N2O5/c17-16(18,19)7-21(15(24)25)9-4-2-5-10(9)26-11-6-1-3-8-12(11)14(23)20-13(8)22/h1-4,6,9-10H,5,7H2,(H,24,25)(H,20,22,23)/t9-,10+/m1/s1. The molecule has 1 aliphatic heterocycles. The minimum atomic E-state index is -1.79. The summed E-state index contributed by atoms with van der Waals surface area (Å²) >= 11 is 17.2. The molecular weight excluding hydrogens is 407 g/mol. The Kier molecular flexibility index (Phi) is 5.05. The summed E-state index contributed by atoms with van der Waals surface area (Å²) in [4.78, 5) is 36.3. The zero-order valence-electron chi connectivity index (χ0n) is 13.1. The van der Waals surface area contributed by atoms with Crippen molar-refractivity contribution < 1.29 is 24.2 Å². The molecule has 2 atom stereocenters. The van der Waals surface area contributed by atoms with Gasteiger partial charge in [-0.3, -0.25) is 19.8 Å². The number of nitrogens with zero attached hydrogens (tertiary/aromatic N) is 1. The Hall–Kier alpha value is -1.96. The molecule has 26 heavy (non-hydrogen) atoms. The van der Waals surface area contributed by atoms with E-state index in [2.05, 4.69) is 5.32 Å². The van der Waals surface area contributed by atoms with Crippen LogP contribution in [-0.4, -0.2) is 50.4 Å². The van der Waals surface area contributed by atoms with Gasteiger partial charge in [0, 0.05) is 6.42 Å². The Morgan fingerprint density at radius 2 is 2.04 bits per heavy atom. The first-order valence-electron chi connectivity index (χ1n) is 7.55. The molecule has 0 aromatic heterocycles. The van der Waals surface area contributed by atoms with Gasteiger partial charge in [0.25, 0.3) is 11.8 Å². The van der Waals surface area contributed by atoms with E-state index < -0.39 is 33.8 Å². The molecule has 0 spiro atoms. The first kappa shape index (κ1) is 18.8. The van der Waals surface area contributed by atoms with Crippen molar-refractivity contribution in [1.29, 1.82) is 0 Å². The second-order valence-corrected chi connectivity index (χ2v) is 8.31. The molecule has 0 unspecified atom stereocenters. The third-order valence-electron chi connectivity index (χ3n) is 4.04. The Bertz CT molecular complexity index is 806. The zero-order chi connectivity index (χ0) is 19.1. The lowest BCUT2D eigenvalue weighted by Gasteiger charge is -2.32. The van der Waals surface area contributed by atoms with Gasteiger partial charge >= 0.3 is 6.09 Å². The van der Waals surface area contributed by atoms with Crippen molar-refractivity contribution >= 4 is 52.7 Å². The molecule has 0 bridgehead atoms. The van der Waals surface area contributed by atoms with E-state index in [9.17, 15) is 19.5 Å². The van der Waals surface area contributed by atoms with Gasteiger partial charge in [-0.25, -0.2) is 4.79 Å². The van der Waals surface area contributed by atoms with Crippen LogP contribution in [0, 0.1) is 0 Å². The Labute approximate surface area is 163 Å². The van der Waals surface area contributed by atoms with Crippen LogP contribution in [0.25, 0.3) is 0 Å². The SMILES string of the molecule is O=C1NC(=O)c2c(O[C@H]3CC=C[C@H]3N(CC(Cl)(Cl)Cl)C(=O)O)cccc21. The highest BCUT2D eigenvalue weighted by Gasteiger charge is 2.39. The number of amides is 3. The summed E-state index contributed by atoms with van der Waals surface area (Å²) in [5, 5.41) is 11.7. The van der Waals surface area contributed by atoms with Crippen LogP contribution >= 0.6 is 34.8 Å². The second-order valence-electron chi connectivity index (χ2n) is 5.80. The van der Waals surface area contributed by atoms with Crippen LogP contribution in [0.3, 0.4) is 0 Å². The van der Waals surface area contributed by atoms with Gasteiger partial charge in [-0.15, -0.1) is 0 Å². The van der Waals surface area contributed by atoms with Crippen molar-refractivity contribution in [2.45, 2.75) is 22.4 Å². The summed E-state index contributed by atoms with van der Waals surface area (Å²) < 4.78 is 4.09. The third kappa shape index (κ3) is 3.75. The first-order chi connectivity index (χ1) is 12.2. The first-order valence-corrected chi connectivity index (χ1v) is 8.69. The van der Waals surface area contributed by atoms with Crippen molar-refractivity contribution in [3.05, 3.63) is 41.5 Å². The number of hydrogen-bond donors (Lipinski definition) is 2. The van der Waals surface area contributed by atoms with E-state index in [1.807, 2.05) is 0 Å². The van der Waals surface area contributed by atoms with E-state index in [0.717, 1.165) is 4.90 Å². The summed E-state index contributed by atoms with van der Waals surface area (Å²) in [7, 11) is 0. The average Bonchev–Trinajstić information content (AvgIpc) is 3.09. The summed E-state index contributed by atoms with van der Waals surface area (Å²) in [6.07, 6.45) is 1.89. The average molecular weight is 420 g/mol. The number of rotatable bonds is 4. The smallest absolute Gasteiger partial charge is 0.408 e. The molecule has 1 aliphatic carbocycles. The van der Waals surface area contributed by atoms with Gasteiger partial charge in [-0.05, 0) is 12.1 Å². The molecular formula is C16H13Cl3N2O5. The van der Waals surface area contributed by atoms with Gasteiger partial charge in [-0.1, -0.05) is 53.0 Å². The van der Waals surface area contributed by atoms with Crippen LogP contribution in [-0.2, 0) is 0 Å². The van der Waals surface area contributed by atoms with Crippen molar-refractivity contribution in [2.24, 2.45) is 0 Å².